The van der Waals surface area contributed by atoms with E-state index < -0.39 is 0 Å². The summed E-state index contributed by atoms with van der Waals surface area (Å²) < 4.78 is 0. The van der Waals surface area contributed by atoms with Gasteiger partial charge in [0.2, 0.25) is 0 Å². The van der Waals surface area contributed by atoms with E-state index in [0.717, 1.165) is 11.5 Å². The van der Waals surface area contributed by atoms with Crippen molar-refractivity contribution in [2.45, 2.75) is 11.8 Å². The first-order valence-electron chi connectivity index (χ1n) is 2.57. The average molecular weight is 130 g/mol. The van der Waals surface area contributed by atoms with Gasteiger partial charge >= 0.3 is 0 Å². The molecule has 0 fully saturated rings. The van der Waals surface area contributed by atoms with Crippen LogP contribution < -0.4 is 5.06 Å². The van der Waals surface area contributed by atoms with Crippen molar-refractivity contribution in [3.63, 3.8) is 0 Å². The smallest absolute Gasteiger partial charge is 0.180 e. The summed E-state index contributed by atoms with van der Waals surface area (Å²) >= 11 is 4.02. The zero-order valence-electron chi connectivity index (χ0n) is 4.45. The summed E-state index contributed by atoms with van der Waals surface area (Å²) in [6, 6.07) is 0. The summed E-state index contributed by atoms with van der Waals surface area (Å²) in [6.45, 7) is 0.494. The second-order valence-electron chi connectivity index (χ2n) is 1.79. The third-order valence-electron chi connectivity index (χ3n) is 1.13. The van der Waals surface area contributed by atoms with Gasteiger partial charge in [-0.05, 0) is 6.08 Å². The normalized spacial score (nSPS) is 31.0. The van der Waals surface area contributed by atoms with Crippen LogP contribution in [0, 0.1) is 5.21 Å². The molecule has 45 valence electrons. The van der Waals surface area contributed by atoms with Crippen LogP contribution in [0.25, 0.3) is 0 Å². The van der Waals surface area contributed by atoms with Crippen molar-refractivity contribution in [2.75, 3.05) is 6.54 Å². The summed E-state index contributed by atoms with van der Waals surface area (Å²) in [7, 11) is 0. The molecule has 0 aromatic rings. The molecule has 2 nitrogen and oxygen atoms in total. The molecule has 8 heavy (non-hydrogen) atoms. The standard InChI is InChI=1S/C5H8NOS/c7-6-4-2-1-3-5(6)8/h1-2,5,8H,3-4H2. The highest BCUT2D eigenvalue weighted by Crippen LogP contribution is 2.09. The first kappa shape index (κ1) is 6.13. The van der Waals surface area contributed by atoms with E-state index in [1.54, 1.807) is 0 Å². The van der Waals surface area contributed by atoms with Gasteiger partial charge in [-0.15, -0.1) is 12.6 Å². The molecule has 1 rings (SSSR count). The molecular weight excluding hydrogens is 122 g/mol. The molecule has 1 aliphatic heterocycles. The Morgan fingerprint density at radius 1 is 1.62 bits per heavy atom. The van der Waals surface area contributed by atoms with Crippen LogP contribution in [0.5, 0.6) is 0 Å². The number of nitrogens with zero attached hydrogens (tertiary/aromatic N) is 1. The summed E-state index contributed by atoms with van der Waals surface area (Å²) in [5, 5.41) is 11.4. The third-order valence-corrected chi connectivity index (χ3v) is 1.60. The van der Waals surface area contributed by atoms with Crippen LogP contribution in [0.3, 0.4) is 0 Å². The molecule has 0 spiro atoms. The molecule has 1 atom stereocenters. The van der Waals surface area contributed by atoms with E-state index in [1.165, 1.54) is 0 Å². The van der Waals surface area contributed by atoms with Gasteiger partial charge in [0.15, 0.2) is 5.37 Å². The molecule has 0 amide bonds. The molecule has 0 N–H and O–H groups in total. The van der Waals surface area contributed by atoms with Crippen molar-refractivity contribution in [1.82, 2.24) is 5.06 Å². The fourth-order valence-electron chi connectivity index (χ4n) is 0.636. The minimum Gasteiger partial charge on any atom is -0.581 e. The Morgan fingerprint density at radius 3 is 2.75 bits per heavy atom. The van der Waals surface area contributed by atoms with Crippen LogP contribution in [0.1, 0.15) is 6.42 Å². The van der Waals surface area contributed by atoms with Crippen LogP contribution in [0.15, 0.2) is 12.2 Å². The van der Waals surface area contributed by atoms with Gasteiger partial charge in [0.25, 0.3) is 0 Å². The predicted molar refractivity (Wildman–Crippen MR) is 36.9 cm³/mol. The highest BCUT2D eigenvalue weighted by Gasteiger charge is 2.15. The van der Waals surface area contributed by atoms with Gasteiger partial charge < -0.3 is 5.21 Å². The van der Waals surface area contributed by atoms with E-state index in [2.05, 4.69) is 12.6 Å². The molecule has 0 aliphatic carbocycles. The number of thiol groups is 1. The zero-order valence-corrected chi connectivity index (χ0v) is 5.34. The van der Waals surface area contributed by atoms with E-state index in [0.29, 0.717) is 6.54 Å². The molecule has 0 aromatic heterocycles. The van der Waals surface area contributed by atoms with Gasteiger partial charge in [0.05, 0.1) is 0 Å². The number of hydroxylamine groups is 2. The van der Waals surface area contributed by atoms with Gasteiger partial charge in [-0.25, -0.2) is 0 Å². The van der Waals surface area contributed by atoms with Gasteiger partial charge in [-0.1, -0.05) is 6.08 Å². The quantitative estimate of drug-likeness (QED) is 0.224. The van der Waals surface area contributed by atoms with Gasteiger partial charge in [0.1, 0.15) is 6.54 Å². The van der Waals surface area contributed by atoms with E-state index in [9.17, 15) is 5.21 Å². The second-order valence-corrected chi connectivity index (χ2v) is 2.38. The fraction of sp³-hybridized carbons (Fsp3) is 0.600. The Hall–Kier alpha value is 0.01000. The SMILES string of the molecule is [O-][N+]1CC=CCC1S. The zero-order chi connectivity index (χ0) is 5.98. The lowest BCUT2D eigenvalue weighted by Gasteiger charge is -2.20. The Morgan fingerprint density at radius 2 is 2.38 bits per heavy atom. The third kappa shape index (κ3) is 1.24. The van der Waals surface area contributed by atoms with Crippen LogP contribution >= 0.6 is 12.6 Å². The first-order chi connectivity index (χ1) is 3.80. The molecule has 1 aliphatic rings. The van der Waals surface area contributed by atoms with Gasteiger partial charge in [-0.3, -0.25) is 0 Å². The molecule has 0 saturated carbocycles. The summed E-state index contributed by atoms with van der Waals surface area (Å²) in [6.07, 6.45) is 4.61. The lowest BCUT2D eigenvalue weighted by atomic mass is 10.3. The highest BCUT2D eigenvalue weighted by molar-refractivity contribution is 7.80. The van der Waals surface area contributed by atoms with Crippen LogP contribution in [0.2, 0.25) is 0 Å². The highest BCUT2D eigenvalue weighted by atomic mass is 32.1. The van der Waals surface area contributed by atoms with E-state index in [4.69, 9.17) is 0 Å². The summed E-state index contributed by atoms with van der Waals surface area (Å²) in [5.41, 5.74) is 0. The van der Waals surface area contributed by atoms with E-state index in [1.807, 2.05) is 12.2 Å². The van der Waals surface area contributed by atoms with Crippen LogP contribution in [0.4, 0.5) is 0 Å². The maximum atomic E-state index is 10.6. The molecular formula is C5H8NOS. The minimum atomic E-state index is -0.111. The van der Waals surface area contributed by atoms with Crippen molar-refractivity contribution in [1.29, 1.82) is 0 Å². The first-order valence-corrected chi connectivity index (χ1v) is 3.09. The monoisotopic (exact) mass is 130 g/mol. The van der Waals surface area contributed by atoms with Crippen LogP contribution in [-0.2, 0) is 0 Å². The lowest BCUT2D eigenvalue weighted by molar-refractivity contribution is 0.523. The number of hydrogen-bond acceptors (Lipinski definition) is 3. The van der Waals surface area contributed by atoms with Crippen molar-refractivity contribution in [2.24, 2.45) is 0 Å². The van der Waals surface area contributed by atoms with Crippen molar-refractivity contribution in [3.8, 4) is 0 Å². The summed E-state index contributed by atoms with van der Waals surface area (Å²) in [5.74, 6) is 0. The molecule has 0 aromatic carbocycles. The molecule has 1 heterocycles. The average Bonchev–Trinajstić information content (AvgIpc) is 1.77. The Balaban J connectivity index is 2.44. The number of hydrogen-bond donors (Lipinski definition) is 1. The van der Waals surface area contributed by atoms with Gasteiger partial charge in [0, 0.05) is 6.42 Å². The fourth-order valence-corrected chi connectivity index (χ4v) is 0.852. The van der Waals surface area contributed by atoms with Crippen molar-refractivity contribution < 1.29 is 0 Å². The minimum absolute atomic E-state index is 0.111. The van der Waals surface area contributed by atoms with Crippen LogP contribution in [-0.4, -0.2) is 11.9 Å². The van der Waals surface area contributed by atoms with E-state index >= 15 is 0 Å². The topological polar surface area (TPSA) is 29.0 Å². The maximum Gasteiger partial charge on any atom is 0.180 e. The van der Waals surface area contributed by atoms with Crippen molar-refractivity contribution in [3.05, 3.63) is 17.4 Å². The summed E-state index contributed by atoms with van der Waals surface area (Å²) in [4.78, 5) is 0. The Kier molecular flexibility index (Phi) is 1.94. The Bertz CT molecular complexity index is 92.6. The number of rotatable bonds is 0. The van der Waals surface area contributed by atoms with Crippen molar-refractivity contribution >= 4 is 12.6 Å². The molecule has 0 bridgehead atoms. The molecule has 3 heteroatoms. The van der Waals surface area contributed by atoms with E-state index in [-0.39, 0.29) is 5.37 Å². The Labute approximate surface area is 54.2 Å². The molecule has 0 saturated heterocycles. The largest absolute Gasteiger partial charge is 0.581 e. The predicted octanol–water partition coefficient (Wildman–Crippen LogP) is 0.840. The molecule has 1 radical (unpaired) electrons. The lowest BCUT2D eigenvalue weighted by Crippen LogP contribution is -2.33. The second kappa shape index (κ2) is 2.53. The molecule has 1 unspecified atom stereocenters. The maximum absolute atomic E-state index is 10.6. The van der Waals surface area contributed by atoms with Gasteiger partial charge in [-0.2, -0.15) is 5.06 Å².